The Morgan fingerprint density at radius 2 is 1.90 bits per heavy atom. The predicted octanol–water partition coefficient (Wildman–Crippen LogP) is 4.87. The van der Waals surface area contributed by atoms with Crippen molar-refractivity contribution in [1.82, 2.24) is 0 Å². The highest BCUT2D eigenvalue weighted by atomic mass is 16.3. The van der Waals surface area contributed by atoms with Crippen LogP contribution in [0.15, 0.2) is 23.8 Å². The van der Waals surface area contributed by atoms with Gasteiger partial charge in [-0.25, -0.2) is 0 Å². The molecule has 116 valence electrons. The van der Waals surface area contributed by atoms with E-state index in [1.165, 1.54) is 32.1 Å². The van der Waals surface area contributed by atoms with Gasteiger partial charge in [0.05, 0.1) is 6.10 Å². The molecule has 4 aliphatic carbocycles. The van der Waals surface area contributed by atoms with Gasteiger partial charge >= 0.3 is 0 Å². The van der Waals surface area contributed by atoms with Gasteiger partial charge in [-0.2, -0.15) is 0 Å². The Kier molecular flexibility index (Phi) is 2.85. The third kappa shape index (κ3) is 1.73. The molecule has 2 saturated carbocycles. The van der Waals surface area contributed by atoms with E-state index in [0.717, 1.165) is 24.7 Å². The van der Waals surface area contributed by atoms with E-state index >= 15 is 0 Å². The largest absolute Gasteiger partial charge is 0.393 e. The van der Waals surface area contributed by atoms with Crippen LogP contribution >= 0.6 is 0 Å². The summed E-state index contributed by atoms with van der Waals surface area (Å²) in [6, 6.07) is 0. The average molecular weight is 286 g/mol. The van der Waals surface area contributed by atoms with Crippen molar-refractivity contribution in [3.8, 4) is 0 Å². The van der Waals surface area contributed by atoms with Gasteiger partial charge in [-0.15, -0.1) is 0 Å². The summed E-state index contributed by atoms with van der Waals surface area (Å²) in [5, 5.41) is 10.1. The normalized spacial score (nSPS) is 55.4. The lowest BCUT2D eigenvalue weighted by molar-refractivity contribution is -0.0900. The first kappa shape index (κ1) is 14.1. The Morgan fingerprint density at radius 1 is 1.10 bits per heavy atom. The van der Waals surface area contributed by atoms with Gasteiger partial charge in [0.25, 0.3) is 0 Å². The van der Waals surface area contributed by atoms with E-state index in [4.69, 9.17) is 0 Å². The molecule has 0 aromatic carbocycles. The van der Waals surface area contributed by atoms with Gasteiger partial charge in [-0.1, -0.05) is 44.6 Å². The Morgan fingerprint density at radius 3 is 2.71 bits per heavy atom. The highest BCUT2D eigenvalue weighted by Gasteiger charge is 2.60. The molecular formula is C20H30O. The molecule has 4 rings (SSSR count). The predicted molar refractivity (Wildman–Crippen MR) is 86.8 cm³/mol. The highest BCUT2D eigenvalue weighted by Crippen LogP contribution is 2.68. The van der Waals surface area contributed by atoms with E-state index < -0.39 is 0 Å². The van der Waals surface area contributed by atoms with Gasteiger partial charge in [-0.3, -0.25) is 0 Å². The second kappa shape index (κ2) is 4.25. The van der Waals surface area contributed by atoms with Gasteiger partial charge in [-0.05, 0) is 73.0 Å². The molecule has 6 atom stereocenters. The van der Waals surface area contributed by atoms with Crippen molar-refractivity contribution in [3.05, 3.63) is 23.8 Å². The lowest BCUT2D eigenvalue weighted by Gasteiger charge is -2.62. The third-order valence-corrected chi connectivity index (χ3v) is 7.97. The van der Waals surface area contributed by atoms with Gasteiger partial charge in [0, 0.05) is 0 Å². The Labute approximate surface area is 129 Å². The topological polar surface area (TPSA) is 20.2 Å². The van der Waals surface area contributed by atoms with Crippen LogP contribution in [0.3, 0.4) is 0 Å². The second-order valence-corrected chi connectivity index (χ2v) is 9.04. The molecule has 0 radical (unpaired) electrons. The third-order valence-electron chi connectivity index (χ3n) is 7.97. The molecule has 0 aromatic heterocycles. The molecule has 0 heterocycles. The number of hydrogen-bond acceptors (Lipinski definition) is 1. The van der Waals surface area contributed by atoms with Gasteiger partial charge in [0.2, 0.25) is 0 Å². The van der Waals surface area contributed by atoms with Gasteiger partial charge < -0.3 is 5.11 Å². The number of rotatable bonds is 0. The van der Waals surface area contributed by atoms with Crippen LogP contribution in [0.4, 0.5) is 0 Å². The van der Waals surface area contributed by atoms with Crippen molar-refractivity contribution < 1.29 is 5.11 Å². The zero-order valence-corrected chi connectivity index (χ0v) is 13.9. The Bertz CT molecular complexity index is 518. The molecule has 1 heteroatoms. The summed E-state index contributed by atoms with van der Waals surface area (Å²) in [6.07, 6.45) is 15.8. The van der Waals surface area contributed by atoms with Crippen molar-refractivity contribution in [3.63, 3.8) is 0 Å². The minimum absolute atomic E-state index is 0.0873. The first-order chi connectivity index (χ1) is 9.88. The minimum Gasteiger partial charge on any atom is -0.393 e. The molecule has 1 nitrogen and oxygen atoms in total. The summed E-state index contributed by atoms with van der Waals surface area (Å²) in [5.74, 6) is 1.64. The Hall–Kier alpha value is -0.560. The maximum absolute atomic E-state index is 10.1. The van der Waals surface area contributed by atoms with Crippen molar-refractivity contribution in [2.75, 3.05) is 0 Å². The molecule has 21 heavy (non-hydrogen) atoms. The van der Waals surface area contributed by atoms with Gasteiger partial charge in [0.1, 0.15) is 0 Å². The summed E-state index contributed by atoms with van der Waals surface area (Å²) >= 11 is 0. The number of allylic oxidation sites excluding steroid dienone is 3. The van der Waals surface area contributed by atoms with Crippen LogP contribution in [0, 0.1) is 28.1 Å². The fourth-order valence-electron chi connectivity index (χ4n) is 6.77. The molecule has 0 bridgehead atoms. The fourth-order valence-corrected chi connectivity index (χ4v) is 6.77. The molecule has 0 aliphatic heterocycles. The van der Waals surface area contributed by atoms with Crippen LogP contribution in [0.25, 0.3) is 0 Å². The number of aliphatic hydroxyl groups is 1. The summed E-state index contributed by atoms with van der Waals surface area (Å²) in [6.45, 7) is 7.59. The quantitative estimate of drug-likeness (QED) is 0.630. The number of fused-ring (bicyclic) bond motifs is 5. The van der Waals surface area contributed by atoms with Crippen molar-refractivity contribution in [1.29, 1.82) is 0 Å². The number of aliphatic hydroxyl groups excluding tert-OH is 1. The zero-order valence-electron chi connectivity index (χ0n) is 13.9. The average Bonchev–Trinajstić information content (AvgIpc) is 2.83. The van der Waals surface area contributed by atoms with E-state index in [9.17, 15) is 5.11 Å². The van der Waals surface area contributed by atoms with Gasteiger partial charge in [0.15, 0.2) is 0 Å². The minimum atomic E-state index is -0.0873. The molecule has 0 spiro atoms. The molecule has 2 fully saturated rings. The second-order valence-electron chi connectivity index (χ2n) is 9.04. The van der Waals surface area contributed by atoms with Crippen LogP contribution in [0.5, 0.6) is 0 Å². The van der Waals surface area contributed by atoms with E-state index in [-0.39, 0.29) is 6.10 Å². The smallest absolute Gasteiger partial charge is 0.0577 e. The zero-order chi connectivity index (χ0) is 14.9. The SMILES string of the molecule is CC12C=CCC1C1(C)CC=C3CC(O)CCC3(C)C1CC2. The maximum Gasteiger partial charge on any atom is 0.0577 e. The van der Waals surface area contributed by atoms with Crippen molar-refractivity contribution in [2.24, 2.45) is 28.1 Å². The van der Waals surface area contributed by atoms with Crippen LogP contribution in [-0.2, 0) is 0 Å². The maximum atomic E-state index is 10.1. The van der Waals surface area contributed by atoms with E-state index in [2.05, 4.69) is 39.0 Å². The molecule has 1 N–H and O–H groups in total. The van der Waals surface area contributed by atoms with Crippen LogP contribution in [0.1, 0.15) is 65.7 Å². The molecule has 0 saturated heterocycles. The van der Waals surface area contributed by atoms with Crippen molar-refractivity contribution in [2.45, 2.75) is 71.8 Å². The highest BCUT2D eigenvalue weighted by molar-refractivity contribution is 5.29. The summed E-state index contributed by atoms with van der Waals surface area (Å²) in [7, 11) is 0. The monoisotopic (exact) mass is 286 g/mol. The molecule has 6 unspecified atom stereocenters. The summed E-state index contributed by atoms with van der Waals surface area (Å²) in [5.41, 5.74) is 2.84. The van der Waals surface area contributed by atoms with Crippen molar-refractivity contribution >= 4 is 0 Å². The van der Waals surface area contributed by atoms with E-state index in [0.29, 0.717) is 16.2 Å². The molecule has 0 aromatic rings. The lowest BCUT2D eigenvalue weighted by Crippen LogP contribution is -2.55. The lowest BCUT2D eigenvalue weighted by atomic mass is 9.42. The Balaban J connectivity index is 1.75. The summed E-state index contributed by atoms with van der Waals surface area (Å²) < 4.78 is 0. The standard InChI is InChI=1S/C20H30O/c1-18-9-4-5-16(18)20(3)11-6-14-13-15(21)7-12-19(14,2)17(20)8-10-18/h4,6,9,15-17,21H,5,7-8,10-13H2,1-3H3. The summed E-state index contributed by atoms with van der Waals surface area (Å²) in [4.78, 5) is 0. The van der Waals surface area contributed by atoms with Crippen LogP contribution in [0.2, 0.25) is 0 Å². The molecule has 0 amide bonds. The fraction of sp³-hybridized carbons (Fsp3) is 0.800. The van der Waals surface area contributed by atoms with Crippen LogP contribution < -0.4 is 0 Å². The molecule has 4 aliphatic rings. The van der Waals surface area contributed by atoms with Crippen LogP contribution in [-0.4, -0.2) is 11.2 Å². The van der Waals surface area contributed by atoms with E-state index in [1.54, 1.807) is 5.57 Å². The number of hydrogen-bond donors (Lipinski definition) is 1. The first-order valence-electron chi connectivity index (χ1n) is 8.94. The molecular weight excluding hydrogens is 256 g/mol. The van der Waals surface area contributed by atoms with E-state index in [1.807, 2.05) is 0 Å². The first-order valence-corrected chi connectivity index (χ1v) is 8.94.